The van der Waals surface area contributed by atoms with Crippen LogP contribution < -0.4 is 5.32 Å². The van der Waals surface area contributed by atoms with Crippen LogP contribution >= 0.6 is 11.3 Å². The molecule has 0 fully saturated rings. The molecule has 0 saturated heterocycles. The van der Waals surface area contributed by atoms with Crippen molar-refractivity contribution in [3.8, 4) is 0 Å². The van der Waals surface area contributed by atoms with Crippen LogP contribution in [-0.4, -0.2) is 6.34 Å². The Morgan fingerprint density at radius 2 is 2.27 bits per heavy atom. The second-order valence-corrected chi connectivity index (χ2v) is 5.26. The molecule has 2 rings (SSSR count). The van der Waals surface area contributed by atoms with Gasteiger partial charge in [-0.3, -0.25) is 0 Å². The number of nitrogens with zero attached hydrogens (tertiary/aromatic N) is 1. The Hall–Kier alpha value is -1.09. The van der Waals surface area contributed by atoms with E-state index in [1.165, 1.54) is 20.9 Å². The molecule has 80 valence electrons. The van der Waals surface area contributed by atoms with E-state index in [4.69, 9.17) is 0 Å². The molecule has 0 radical (unpaired) electrons. The fourth-order valence-electron chi connectivity index (χ4n) is 1.95. The number of hydrogen-bond acceptors (Lipinski definition) is 3. The van der Waals surface area contributed by atoms with Crippen molar-refractivity contribution in [3.63, 3.8) is 0 Å². The summed E-state index contributed by atoms with van der Waals surface area (Å²) in [6.45, 7) is 6.52. The standard InChI is InChI=1S/C12H16N2S/c1-4-10-6-13-7-14-12(10)11-5-8(2)15-9(11)3/h5-7,12H,4H2,1-3H3,(H,13,14). The van der Waals surface area contributed by atoms with Crippen LogP contribution in [0.3, 0.4) is 0 Å². The summed E-state index contributed by atoms with van der Waals surface area (Å²) in [6.07, 6.45) is 4.81. The summed E-state index contributed by atoms with van der Waals surface area (Å²) in [5, 5.41) is 3.34. The van der Waals surface area contributed by atoms with Crippen molar-refractivity contribution in [2.45, 2.75) is 33.2 Å². The zero-order valence-corrected chi connectivity index (χ0v) is 10.2. The van der Waals surface area contributed by atoms with E-state index in [9.17, 15) is 0 Å². The first-order valence-electron chi connectivity index (χ1n) is 5.26. The van der Waals surface area contributed by atoms with E-state index in [2.05, 4.69) is 37.1 Å². The van der Waals surface area contributed by atoms with Gasteiger partial charge in [-0.25, -0.2) is 4.99 Å². The summed E-state index contributed by atoms with van der Waals surface area (Å²) in [5.74, 6) is 0. The molecular formula is C12H16N2S. The van der Waals surface area contributed by atoms with Gasteiger partial charge in [-0.15, -0.1) is 11.3 Å². The summed E-state index contributed by atoms with van der Waals surface area (Å²) in [6, 6.07) is 2.61. The van der Waals surface area contributed by atoms with E-state index in [0.29, 0.717) is 6.04 Å². The second-order valence-electron chi connectivity index (χ2n) is 3.80. The zero-order valence-electron chi connectivity index (χ0n) is 9.37. The van der Waals surface area contributed by atoms with Crippen molar-refractivity contribution in [3.05, 3.63) is 33.2 Å². The maximum Gasteiger partial charge on any atom is 0.0886 e. The Morgan fingerprint density at radius 3 is 2.87 bits per heavy atom. The Labute approximate surface area is 94.7 Å². The highest BCUT2D eigenvalue weighted by Gasteiger charge is 2.19. The summed E-state index contributed by atoms with van der Waals surface area (Å²) in [5.41, 5.74) is 2.76. The lowest BCUT2D eigenvalue weighted by atomic mass is 9.97. The summed E-state index contributed by atoms with van der Waals surface area (Å²) in [7, 11) is 0. The molecule has 1 unspecified atom stereocenters. The van der Waals surface area contributed by atoms with Crippen molar-refractivity contribution in [2.75, 3.05) is 0 Å². The van der Waals surface area contributed by atoms with Gasteiger partial charge in [0.15, 0.2) is 0 Å². The normalized spacial score (nSPS) is 19.9. The highest BCUT2D eigenvalue weighted by Crippen LogP contribution is 2.32. The van der Waals surface area contributed by atoms with Crippen LogP contribution in [0.4, 0.5) is 0 Å². The lowest BCUT2D eigenvalue weighted by Crippen LogP contribution is -2.24. The van der Waals surface area contributed by atoms with Gasteiger partial charge in [0, 0.05) is 16.0 Å². The molecule has 1 N–H and O–H groups in total. The first-order chi connectivity index (χ1) is 7.22. The highest BCUT2D eigenvalue weighted by molar-refractivity contribution is 7.12. The van der Waals surface area contributed by atoms with Gasteiger partial charge in [-0.2, -0.15) is 0 Å². The first kappa shape index (κ1) is 10.4. The number of nitrogens with one attached hydrogen (secondary N) is 1. The van der Waals surface area contributed by atoms with Crippen molar-refractivity contribution >= 4 is 17.7 Å². The van der Waals surface area contributed by atoms with E-state index in [1.807, 2.05) is 17.5 Å². The quantitative estimate of drug-likeness (QED) is 0.812. The van der Waals surface area contributed by atoms with E-state index in [0.717, 1.165) is 6.42 Å². The molecule has 0 spiro atoms. The Kier molecular flexibility index (Phi) is 2.91. The number of rotatable bonds is 2. The minimum absolute atomic E-state index is 0.331. The van der Waals surface area contributed by atoms with E-state index >= 15 is 0 Å². The van der Waals surface area contributed by atoms with Crippen molar-refractivity contribution in [1.29, 1.82) is 0 Å². The van der Waals surface area contributed by atoms with Gasteiger partial charge in [-0.1, -0.05) is 6.92 Å². The predicted molar refractivity (Wildman–Crippen MR) is 66.5 cm³/mol. The van der Waals surface area contributed by atoms with Crippen LogP contribution in [0.2, 0.25) is 0 Å². The van der Waals surface area contributed by atoms with E-state index in [1.54, 1.807) is 6.34 Å². The van der Waals surface area contributed by atoms with Crippen LogP contribution in [0.5, 0.6) is 0 Å². The van der Waals surface area contributed by atoms with Gasteiger partial charge in [-0.05, 0) is 37.5 Å². The summed E-state index contributed by atoms with van der Waals surface area (Å²) >= 11 is 1.86. The van der Waals surface area contributed by atoms with E-state index < -0.39 is 0 Å². The summed E-state index contributed by atoms with van der Waals surface area (Å²) in [4.78, 5) is 6.93. The average Bonchev–Trinajstić information content (AvgIpc) is 2.57. The van der Waals surface area contributed by atoms with Gasteiger partial charge in [0.05, 0.1) is 12.4 Å². The molecule has 0 bridgehead atoms. The number of aliphatic imine (C=N–C) groups is 1. The largest absolute Gasteiger partial charge is 0.365 e. The molecule has 0 saturated carbocycles. The highest BCUT2D eigenvalue weighted by atomic mass is 32.1. The Morgan fingerprint density at radius 1 is 1.47 bits per heavy atom. The second kappa shape index (κ2) is 4.19. The molecule has 1 aliphatic heterocycles. The summed E-state index contributed by atoms with van der Waals surface area (Å²) < 4.78 is 0. The van der Waals surface area contributed by atoms with Crippen molar-refractivity contribution in [2.24, 2.45) is 4.99 Å². The molecule has 2 heterocycles. The van der Waals surface area contributed by atoms with Crippen molar-refractivity contribution in [1.82, 2.24) is 5.32 Å². The van der Waals surface area contributed by atoms with Gasteiger partial charge >= 0.3 is 0 Å². The third-order valence-corrected chi connectivity index (χ3v) is 3.71. The third-order valence-electron chi connectivity index (χ3n) is 2.73. The predicted octanol–water partition coefficient (Wildman–Crippen LogP) is 3.33. The molecule has 0 amide bonds. The topological polar surface area (TPSA) is 24.4 Å². The number of aryl methyl sites for hydroxylation is 2. The molecule has 1 aromatic rings. The first-order valence-corrected chi connectivity index (χ1v) is 6.07. The zero-order chi connectivity index (χ0) is 10.8. The molecule has 0 aliphatic carbocycles. The van der Waals surface area contributed by atoms with Crippen LogP contribution in [0.25, 0.3) is 0 Å². The van der Waals surface area contributed by atoms with Crippen LogP contribution in [0.15, 0.2) is 22.8 Å². The maximum absolute atomic E-state index is 4.15. The smallest absolute Gasteiger partial charge is 0.0886 e. The fourth-order valence-corrected chi connectivity index (χ4v) is 2.92. The third kappa shape index (κ3) is 1.97. The van der Waals surface area contributed by atoms with Gasteiger partial charge in [0.25, 0.3) is 0 Å². The lowest BCUT2D eigenvalue weighted by molar-refractivity contribution is 0.708. The lowest BCUT2D eigenvalue weighted by Gasteiger charge is -2.22. The maximum atomic E-state index is 4.15. The van der Waals surface area contributed by atoms with Crippen LogP contribution in [0.1, 0.15) is 34.7 Å². The average molecular weight is 220 g/mol. The van der Waals surface area contributed by atoms with Crippen LogP contribution in [-0.2, 0) is 0 Å². The Balaban J connectivity index is 2.35. The number of hydrogen-bond donors (Lipinski definition) is 1. The molecule has 1 aliphatic rings. The minimum atomic E-state index is 0.331. The molecule has 1 aromatic heterocycles. The minimum Gasteiger partial charge on any atom is -0.365 e. The molecule has 2 nitrogen and oxygen atoms in total. The molecular weight excluding hydrogens is 204 g/mol. The molecule has 3 heteroatoms. The SMILES string of the molecule is CCC1=CN=CNC1c1cc(C)sc1C. The van der Waals surface area contributed by atoms with Gasteiger partial charge < -0.3 is 5.32 Å². The molecule has 15 heavy (non-hydrogen) atoms. The van der Waals surface area contributed by atoms with Gasteiger partial charge in [0.1, 0.15) is 0 Å². The van der Waals surface area contributed by atoms with Gasteiger partial charge in [0.2, 0.25) is 0 Å². The fraction of sp³-hybridized carbons (Fsp3) is 0.417. The van der Waals surface area contributed by atoms with Crippen LogP contribution in [0, 0.1) is 13.8 Å². The van der Waals surface area contributed by atoms with E-state index in [-0.39, 0.29) is 0 Å². The Bertz CT molecular complexity index is 415. The molecule has 0 aromatic carbocycles. The van der Waals surface area contributed by atoms with Crippen molar-refractivity contribution < 1.29 is 0 Å². The molecule has 1 atom stereocenters. The number of thiophene rings is 1. The monoisotopic (exact) mass is 220 g/mol.